The zero-order valence-electron chi connectivity index (χ0n) is 14.0. The molecule has 4 aromatic rings. The molecule has 0 atom stereocenters. The monoisotopic (exact) mass is 406 g/mol. The fourth-order valence-corrected chi connectivity index (χ4v) is 3.05. The minimum Gasteiger partial charge on any atom is -0.355 e. The van der Waals surface area contributed by atoms with Gasteiger partial charge >= 0.3 is 0 Å². The first-order valence-electron chi connectivity index (χ1n) is 8.14. The number of aryl methyl sites for hydroxylation is 1. The fourth-order valence-electron chi connectivity index (χ4n) is 2.81. The van der Waals surface area contributed by atoms with Crippen molar-refractivity contribution in [1.82, 2.24) is 5.16 Å². The lowest BCUT2D eigenvalue weighted by Gasteiger charge is -2.07. The standard InChI is InChI=1S/C21H15BrN2O2/c1-13-11-16(8-9-18(13)22)23-21(25)15-7-10-19-17(12-15)20(26-24-19)14-5-3-2-4-6-14/h2-12H,1H3,(H,23,25). The second-order valence-corrected chi connectivity index (χ2v) is 6.88. The molecule has 1 heterocycles. The van der Waals surface area contributed by atoms with Crippen molar-refractivity contribution in [2.24, 2.45) is 0 Å². The predicted molar refractivity (Wildman–Crippen MR) is 106 cm³/mol. The number of halogens is 1. The highest BCUT2D eigenvalue weighted by molar-refractivity contribution is 9.10. The van der Waals surface area contributed by atoms with Gasteiger partial charge in [-0.05, 0) is 48.9 Å². The summed E-state index contributed by atoms with van der Waals surface area (Å²) in [5.41, 5.74) is 4.02. The fraction of sp³-hybridized carbons (Fsp3) is 0.0476. The molecule has 1 aromatic heterocycles. The van der Waals surface area contributed by atoms with Gasteiger partial charge in [-0.3, -0.25) is 4.79 Å². The van der Waals surface area contributed by atoms with Crippen LogP contribution in [0.25, 0.3) is 22.2 Å². The Morgan fingerprint density at radius 3 is 2.62 bits per heavy atom. The van der Waals surface area contributed by atoms with Gasteiger partial charge in [-0.2, -0.15) is 0 Å². The number of fused-ring (bicyclic) bond motifs is 1. The van der Waals surface area contributed by atoms with Crippen LogP contribution in [0.5, 0.6) is 0 Å². The lowest BCUT2D eigenvalue weighted by atomic mass is 10.1. The summed E-state index contributed by atoms with van der Waals surface area (Å²) in [5.74, 6) is 0.489. The van der Waals surface area contributed by atoms with Crippen LogP contribution >= 0.6 is 15.9 Å². The van der Waals surface area contributed by atoms with Gasteiger partial charge in [0.1, 0.15) is 5.52 Å². The van der Waals surface area contributed by atoms with Crippen molar-refractivity contribution in [3.63, 3.8) is 0 Å². The summed E-state index contributed by atoms with van der Waals surface area (Å²) in [4.78, 5) is 12.6. The van der Waals surface area contributed by atoms with Crippen LogP contribution in [0.1, 0.15) is 15.9 Å². The average molecular weight is 407 g/mol. The zero-order chi connectivity index (χ0) is 18.1. The Kier molecular flexibility index (Phi) is 4.31. The molecule has 0 saturated carbocycles. The molecule has 4 nitrogen and oxygen atoms in total. The minimum atomic E-state index is -0.172. The second-order valence-electron chi connectivity index (χ2n) is 6.03. The molecule has 0 aliphatic rings. The smallest absolute Gasteiger partial charge is 0.255 e. The normalized spacial score (nSPS) is 10.8. The van der Waals surface area contributed by atoms with Crippen molar-refractivity contribution in [3.8, 4) is 11.3 Å². The molecule has 0 bridgehead atoms. The van der Waals surface area contributed by atoms with E-state index >= 15 is 0 Å². The van der Waals surface area contributed by atoms with E-state index in [9.17, 15) is 4.79 Å². The van der Waals surface area contributed by atoms with Gasteiger partial charge in [0.25, 0.3) is 5.91 Å². The largest absolute Gasteiger partial charge is 0.355 e. The van der Waals surface area contributed by atoms with Crippen LogP contribution in [-0.2, 0) is 0 Å². The van der Waals surface area contributed by atoms with Gasteiger partial charge in [0, 0.05) is 21.3 Å². The number of benzene rings is 3. The highest BCUT2D eigenvalue weighted by Gasteiger charge is 2.14. The molecular formula is C21H15BrN2O2. The number of hydrogen-bond donors (Lipinski definition) is 1. The molecule has 0 aliphatic carbocycles. The average Bonchev–Trinajstić information content (AvgIpc) is 3.08. The zero-order valence-corrected chi connectivity index (χ0v) is 15.6. The van der Waals surface area contributed by atoms with E-state index in [1.807, 2.05) is 61.5 Å². The summed E-state index contributed by atoms with van der Waals surface area (Å²) in [6, 6.07) is 20.8. The van der Waals surface area contributed by atoms with Gasteiger partial charge in [0.2, 0.25) is 0 Å². The van der Waals surface area contributed by atoms with Crippen molar-refractivity contribution in [3.05, 3.63) is 82.3 Å². The van der Waals surface area contributed by atoms with E-state index in [1.165, 1.54) is 0 Å². The molecule has 0 radical (unpaired) electrons. The quantitative estimate of drug-likeness (QED) is 0.466. The molecule has 0 aliphatic heterocycles. The number of carbonyl (C=O) groups excluding carboxylic acids is 1. The van der Waals surface area contributed by atoms with E-state index in [0.29, 0.717) is 11.3 Å². The summed E-state index contributed by atoms with van der Waals surface area (Å²) in [7, 11) is 0. The van der Waals surface area contributed by atoms with Crippen molar-refractivity contribution in [2.75, 3.05) is 5.32 Å². The number of carbonyl (C=O) groups is 1. The SMILES string of the molecule is Cc1cc(NC(=O)c2ccc3noc(-c4ccccc4)c3c2)ccc1Br. The van der Waals surface area contributed by atoms with Crippen molar-refractivity contribution >= 4 is 38.4 Å². The number of nitrogens with zero attached hydrogens (tertiary/aromatic N) is 1. The maximum atomic E-state index is 12.6. The molecule has 0 unspecified atom stereocenters. The van der Waals surface area contributed by atoms with Gasteiger partial charge in [-0.25, -0.2) is 0 Å². The summed E-state index contributed by atoms with van der Waals surface area (Å²) in [5, 5.41) is 7.84. The van der Waals surface area contributed by atoms with E-state index in [2.05, 4.69) is 26.4 Å². The molecule has 26 heavy (non-hydrogen) atoms. The number of aromatic nitrogens is 1. The molecule has 0 fully saturated rings. The molecule has 1 amide bonds. The van der Waals surface area contributed by atoms with E-state index in [1.54, 1.807) is 12.1 Å². The Morgan fingerprint density at radius 1 is 1.04 bits per heavy atom. The molecule has 1 N–H and O–H groups in total. The van der Waals surface area contributed by atoms with E-state index in [-0.39, 0.29) is 5.91 Å². The lowest BCUT2D eigenvalue weighted by molar-refractivity contribution is 0.102. The van der Waals surface area contributed by atoms with Gasteiger partial charge in [0.15, 0.2) is 5.76 Å². The van der Waals surface area contributed by atoms with Gasteiger partial charge in [0.05, 0.1) is 5.39 Å². The molecule has 4 rings (SSSR count). The Morgan fingerprint density at radius 2 is 1.85 bits per heavy atom. The Bertz CT molecular complexity index is 1100. The van der Waals surface area contributed by atoms with Gasteiger partial charge < -0.3 is 9.84 Å². The summed E-state index contributed by atoms with van der Waals surface area (Å²) in [6.07, 6.45) is 0. The first-order valence-corrected chi connectivity index (χ1v) is 8.93. The Labute approximate surface area is 159 Å². The third kappa shape index (κ3) is 3.13. The molecular weight excluding hydrogens is 392 g/mol. The first-order chi connectivity index (χ1) is 12.6. The van der Waals surface area contributed by atoms with Crippen molar-refractivity contribution in [2.45, 2.75) is 6.92 Å². The van der Waals surface area contributed by atoms with Crippen LogP contribution in [0.3, 0.4) is 0 Å². The van der Waals surface area contributed by atoms with E-state index < -0.39 is 0 Å². The lowest BCUT2D eigenvalue weighted by Crippen LogP contribution is -2.11. The molecule has 3 aromatic carbocycles. The summed E-state index contributed by atoms with van der Waals surface area (Å²) >= 11 is 3.46. The highest BCUT2D eigenvalue weighted by Crippen LogP contribution is 2.29. The summed E-state index contributed by atoms with van der Waals surface area (Å²) < 4.78 is 6.50. The van der Waals surface area contributed by atoms with Gasteiger partial charge in [-0.1, -0.05) is 51.4 Å². The predicted octanol–water partition coefficient (Wildman–Crippen LogP) is 5.82. The number of nitrogens with one attached hydrogen (secondary N) is 1. The molecule has 128 valence electrons. The second kappa shape index (κ2) is 6.77. The van der Waals surface area contributed by atoms with Crippen LogP contribution in [-0.4, -0.2) is 11.1 Å². The van der Waals surface area contributed by atoms with Gasteiger partial charge in [-0.15, -0.1) is 0 Å². The first kappa shape index (κ1) is 16.5. The molecule has 5 heteroatoms. The Hall–Kier alpha value is -2.92. The molecule has 0 spiro atoms. The van der Waals surface area contributed by atoms with Crippen molar-refractivity contribution in [1.29, 1.82) is 0 Å². The topological polar surface area (TPSA) is 55.1 Å². The van der Waals surface area contributed by atoms with Crippen LogP contribution in [0.4, 0.5) is 5.69 Å². The van der Waals surface area contributed by atoms with Crippen LogP contribution in [0.2, 0.25) is 0 Å². The Balaban J connectivity index is 1.68. The minimum absolute atomic E-state index is 0.172. The maximum absolute atomic E-state index is 12.6. The van der Waals surface area contributed by atoms with E-state index in [4.69, 9.17) is 4.52 Å². The molecule has 0 saturated heterocycles. The third-order valence-corrected chi connectivity index (χ3v) is 5.08. The number of amides is 1. The number of anilines is 1. The maximum Gasteiger partial charge on any atom is 0.255 e. The summed E-state index contributed by atoms with van der Waals surface area (Å²) in [6.45, 7) is 1.98. The van der Waals surface area contributed by atoms with Crippen LogP contribution in [0.15, 0.2) is 75.7 Å². The highest BCUT2D eigenvalue weighted by atomic mass is 79.9. The van der Waals surface area contributed by atoms with Crippen LogP contribution in [0, 0.1) is 6.92 Å². The van der Waals surface area contributed by atoms with Crippen LogP contribution < -0.4 is 5.32 Å². The third-order valence-electron chi connectivity index (χ3n) is 4.19. The number of rotatable bonds is 3. The number of hydrogen-bond acceptors (Lipinski definition) is 3. The van der Waals surface area contributed by atoms with Crippen molar-refractivity contribution < 1.29 is 9.32 Å². The van der Waals surface area contributed by atoms with E-state index in [0.717, 1.165) is 32.2 Å².